The number of aliphatic hydroxyl groups excluding tert-OH is 1. The van der Waals surface area contributed by atoms with E-state index in [9.17, 15) is 15.0 Å². The van der Waals surface area contributed by atoms with E-state index >= 15 is 0 Å². The molecule has 9 heteroatoms. The van der Waals surface area contributed by atoms with E-state index in [1.807, 2.05) is 59.7 Å². The number of carbonyl (C=O) groups is 1. The normalized spacial score (nSPS) is 17.4. The van der Waals surface area contributed by atoms with E-state index < -0.39 is 12.1 Å². The maximum Gasteiger partial charge on any atom is 0.347 e. The largest absolute Gasteiger partial charge is 0.477 e. The molecular formula is C22H22ClN3O4S. The van der Waals surface area contributed by atoms with Crippen LogP contribution < -0.4 is 0 Å². The minimum atomic E-state index is -1.04. The molecule has 0 saturated carbocycles. The third-order valence-corrected chi connectivity index (χ3v) is 6.81. The van der Waals surface area contributed by atoms with Gasteiger partial charge in [-0.25, -0.2) is 9.78 Å². The third kappa shape index (κ3) is 3.98. The van der Waals surface area contributed by atoms with E-state index in [0.29, 0.717) is 17.5 Å². The topological polar surface area (TPSA) is 87.3 Å². The fraction of sp³-hybridized carbons (Fsp3) is 0.273. The Bertz CT molecular complexity index is 1160. The summed E-state index contributed by atoms with van der Waals surface area (Å²) in [7, 11) is 0. The van der Waals surface area contributed by atoms with Crippen LogP contribution in [0.2, 0.25) is 5.02 Å². The molecule has 3 heterocycles. The van der Waals surface area contributed by atoms with Crippen molar-refractivity contribution >= 4 is 35.0 Å². The highest BCUT2D eigenvalue weighted by atomic mass is 35.5. The summed E-state index contributed by atoms with van der Waals surface area (Å²) in [6, 6.07) is 11.0. The molecule has 7 nitrogen and oxygen atoms in total. The number of hydrogen-bond acceptors (Lipinski definition) is 6. The number of halogens is 1. The molecule has 0 amide bonds. The zero-order chi connectivity index (χ0) is 22.1. The number of imidazole rings is 1. The number of aromatic nitrogens is 2. The second-order valence-electron chi connectivity index (χ2n) is 7.08. The Kier molecular flexibility index (Phi) is 6.13. The van der Waals surface area contributed by atoms with Gasteiger partial charge in [-0.3, -0.25) is 0 Å². The zero-order valence-corrected chi connectivity index (χ0v) is 18.6. The van der Waals surface area contributed by atoms with Crippen LogP contribution in [-0.4, -0.2) is 37.0 Å². The smallest absolute Gasteiger partial charge is 0.347 e. The Hall–Kier alpha value is -2.68. The Labute approximate surface area is 188 Å². The van der Waals surface area contributed by atoms with Crippen LogP contribution in [0.4, 0.5) is 0 Å². The average Bonchev–Trinajstić information content (AvgIpc) is 3.34. The lowest BCUT2D eigenvalue weighted by Gasteiger charge is -2.29. The molecule has 0 aliphatic carbocycles. The number of nitrogens with zero attached hydrogens (tertiary/aromatic N) is 3. The van der Waals surface area contributed by atoms with Crippen molar-refractivity contribution in [3.05, 3.63) is 81.4 Å². The molecule has 0 saturated heterocycles. The van der Waals surface area contributed by atoms with Crippen molar-refractivity contribution in [1.29, 1.82) is 0 Å². The van der Waals surface area contributed by atoms with Crippen LogP contribution in [-0.2, 0) is 16.1 Å². The van der Waals surface area contributed by atoms with Crippen molar-refractivity contribution in [2.75, 3.05) is 6.54 Å². The average molecular weight is 460 g/mol. The lowest BCUT2D eigenvalue weighted by Crippen LogP contribution is -2.25. The number of benzene rings is 1. The van der Waals surface area contributed by atoms with Gasteiger partial charge in [0, 0.05) is 23.3 Å². The lowest BCUT2D eigenvalue weighted by atomic mass is 10.1. The molecule has 1 aromatic carbocycles. The number of carboxylic acids is 1. The molecule has 162 valence electrons. The van der Waals surface area contributed by atoms with Crippen molar-refractivity contribution in [3.8, 4) is 0 Å². The molecule has 0 bridgehead atoms. The van der Waals surface area contributed by atoms with E-state index in [-0.39, 0.29) is 16.9 Å². The maximum absolute atomic E-state index is 12.1. The maximum atomic E-state index is 12.1. The molecule has 1 aliphatic rings. The lowest BCUT2D eigenvalue weighted by molar-refractivity contribution is -0.132. The molecule has 1 aliphatic heterocycles. The minimum absolute atomic E-state index is 0.0921. The number of carboxylic acid groups (broad SMARTS) is 1. The van der Waals surface area contributed by atoms with Crippen LogP contribution in [0.5, 0.6) is 0 Å². The summed E-state index contributed by atoms with van der Waals surface area (Å²) >= 11 is 7.53. The van der Waals surface area contributed by atoms with Crippen molar-refractivity contribution in [3.63, 3.8) is 0 Å². The van der Waals surface area contributed by atoms with Crippen LogP contribution in [0, 0.1) is 0 Å². The number of aliphatic carboxylic acids is 1. The molecule has 2 atom stereocenters. The Morgan fingerprint density at radius 1 is 1.32 bits per heavy atom. The van der Waals surface area contributed by atoms with Gasteiger partial charge in [0.2, 0.25) is 5.88 Å². The van der Waals surface area contributed by atoms with Gasteiger partial charge in [0.15, 0.2) is 4.91 Å². The molecule has 31 heavy (non-hydrogen) atoms. The first kappa shape index (κ1) is 21.5. The summed E-state index contributed by atoms with van der Waals surface area (Å²) in [5.41, 5.74) is 3.06. The number of fused-ring (bicyclic) bond motifs is 1. The number of hydrogen-bond donors (Lipinski definition) is 2. The Balaban J connectivity index is 1.71. The third-order valence-electron chi connectivity index (χ3n) is 5.17. The highest BCUT2D eigenvalue weighted by Gasteiger charge is 2.40. The summed E-state index contributed by atoms with van der Waals surface area (Å²) in [5, 5.41) is 19.6. The molecule has 0 radical (unpaired) electrons. The van der Waals surface area contributed by atoms with E-state index in [4.69, 9.17) is 16.3 Å². The predicted molar refractivity (Wildman–Crippen MR) is 119 cm³/mol. The molecule has 0 fully saturated rings. The van der Waals surface area contributed by atoms with Gasteiger partial charge in [0.05, 0.1) is 18.5 Å². The highest BCUT2D eigenvalue weighted by Crippen LogP contribution is 2.49. The van der Waals surface area contributed by atoms with Gasteiger partial charge >= 0.3 is 5.97 Å². The van der Waals surface area contributed by atoms with Gasteiger partial charge in [-0.05, 0) is 31.5 Å². The monoisotopic (exact) mass is 459 g/mol. The van der Waals surface area contributed by atoms with E-state index in [2.05, 4.69) is 4.98 Å². The van der Waals surface area contributed by atoms with Crippen LogP contribution in [0.3, 0.4) is 0 Å². The number of pyridine rings is 1. The summed E-state index contributed by atoms with van der Waals surface area (Å²) in [4.78, 5) is 18.6. The second kappa shape index (κ2) is 8.82. The van der Waals surface area contributed by atoms with Crippen molar-refractivity contribution < 1.29 is 19.7 Å². The van der Waals surface area contributed by atoms with Gasteiger partial charge in [0.1, 0.15) is 17.1 Å². The predicted octanol–water partition coefficient (Wildman–Crippen LogP) is 4.58. The first-order valence-electron chi connectivity index (χ1n) is 9.83. The first-order chi connectivity index (χ1) is 14.9. The zero-order valence-electron chi connectivity index (χ0n) is 17.0. The van der Waals surface area contributed by atoms with Crippen LogP contribution in [0.15, 0.2) is 59.6 Å². The molecule has 2 N–H and O–H groups in total. The molecule has 2 aromatic heterocycles. The number of aliphatic hydroxyl groups is 1. The Morgan fingerprint density at radius 3 is 2.77 bits per heavy atom. The standard InChI is InChI=1S/C22H22ClN3O4S/c1-3-25-20(30-13(2)15-6-4-5-7-16(15)23)19(22(28)29)31-21(25)17-10-24-18-9-8-14(12-27)11-26(17)18/h4-11,13,21,27H,3,12H2,1-2H3,(H,28,29)/t13-,21?/m1/s1. The van der Waals surface area contributed by atoms with E-state index in [1.165, 1.54) is 11.8 Å². The summed E-state index contributed by atoms with van der Waals surface area (Å²) in [6.07, 6.45) is 3.11. The van der Waals surface area contributed by atoms with Gasteiger partial charge < -0.3 is 24.3 Å². The van der Waals surface area contributed by atoms with Crippen LogP contribution in [0.25, 0.3) is 5.65 Å². The quantitative estimate of drug-likeness (QED) is 0.534. The minimum Gasteiger partial charge on any atom is -0.477 e. The SMILES string of the molecule is CCN1C(O[C@H](C)c2ccccc2Cl)=C(C(=O)O)SC1c1cnc2ccc(CO)cn12. The van der Waals surface area contributed by atoms with Crippen LogP contribution in [0.1, 0.15) is 42.1 Å². The first-order valence-corrected chi connectivity index (χ1v) is 11.1. The fourth-order valence-corrected chi connectivity index (χ4v) is 5.16. The molecule has 3 aromatic rings. The van der Waals surface area contributed by atoms with E-state index in [1.54, 1.807) is 12.3 Å². The van der Waals surface area contributed by atoms with E-state index in [0.717, 1.165) is 22.5 Å². The number of rotatable bonds is 7. The van der Waals surface area contributed by atoms with Crippen LogP contribution >= 0.6 is 23.4 Å². The van der Waals surface area contributed by atoms with Crippen molar-refractivity contribution in [1.82, 2.24) is 14.3 Å². The summed E-state index contributed by atoms with van der Waals surface area (Å²) < 4.78 is 8.07. The van der Waals surface area contributed by atoms with Gasteiger partial charge in [-0.2, -0.15) is 0 Å². The van der Waals surface area contributed by atoms with Gasteiger partial charge in [0.25, 0.3) is 0 Å². The Morgan fingerprint density at radius 2 is 2.10 bits per heavy atom. The van der Waals surface area contributed by atoms with Gasteiger partial charge in [-0.1, -0.05) is 47.6 Å². The fourth-order valence-electron chi connectivity index (χ4n) is 3.61. The van der Waals surface area contributed by atoms with Crippen molar-refractivity contribution in [2.45, 2.75) is 31.9 Å². The summed E-state index contributed by atoms with van der Waals surface area (Å²) in [6.45, 7) is 4.24. The number of ether oxygens (including phenoxy) is 1. The molecule has 1 unspecified atom stereocenters. The summed E-state index contributed by atoms with van der Waals surface area (Å²) in [5.74, 6) is -0.733. The second-order valence-corrected chi connectivity index (χ2v) is 8.58. The number of thioether (sulfide) groups is 1. The molecular weight excluding hydrogens is 438 g/mol. The highest BCUT2D eigenvalue weighted by molar-refractivity contribution is 8.04. The van der Waals surface area contributed by atoms with Crippen molar-refractivity contribution in [2.24, 2.45) is 0 Å². The molecule has 0 spiro atoms. The molecule has 4 rings (SSSR count). The van der Waals surface area contributed by atoms with Gasteiger partial charge in [-0.15, -0.1) is 0 Å².